The van der Waals surface area contributed by atoms with Gasteiger partial charge in [0.1, 0.15) is 5.75 Å². The second-order valence-corrected chi connectivity index (χ2v) is 8.36. The molecule has 2 aromatic carbocycles. The molecule has 0 radical (unpaired) electrons. The van der Waals surface area contributed by atoms with E-state index < -0.39 is 0 Å². The van der Waals surface area contributed by atoms with Crippen molar-refractivity contribution in [2.45, 2.75) is 19.8 Å². The van der Waals surface area contributed by atoms with Crippen molar-refractivity contribution < 1.29 is 9.53 Å². The lowest BCUT2D eigenvalue weighted by molar-refractivity contribution is -0.131. The summed E-state index contributed by atoms with van der Waals surface area (Å²) in [5, 5.41) is 1.04. The maximum absolute atomic E-state index is 12.6. The maximum atomic E-state index is 12.6. The van der Waals surface area contributed by atoms with Gasteiger partial charge in [-0.25, -0.2) is 9.97 Å². The largest absolute Gasteiger partial charge is 0.492 e. The number of nitrogens with zero attached hydrogens (tertiary/aromatic N) is 4. The highest BCUT2D eigenvalue weighted by Crippen LogP contribution is 2.27. The molecule has 6 nitrogen and oxygen atoms in total. The van der Waals surface area contributed by atoms with E-state index in [0.29, 0.717) is 48.3 Å². The zero-order chi connectivity index (χ0) is 21.8. The fraction of sp³-hybridized carbons (Fsp3) is 0.348. The molecule has 31 heavy (non-hydrogen) atoms. The number of halogens is 2. The molecular weight excluding hydrogens is 435 g/mol. The van der Waals surface area contributed by atoms with Crippen LogP contribution >= 0.6 is 23.2 Å². The SMILES string of the molecule is Cc1nc2ccccc2nc1N1CCN(C(=O)CCCOc2ccc(Cl)cc2Cl)CC1. The summed E-state index contributed by atoms with van der Waals surface area (Å²) in [4.78, 5) is 26.2. The third-order valence-corrected chi connectivity index (χ3v) is 5.87. The van der Waals surface area contributed by atoms with Crippen molar-refractivity contribution >= 4 is 46.0 Å². The van der Waals surface area contributed by atoms with E-state index in [0.717, 1.165) is 35.6 Å². The number of rotatable bonds is 6. The lowest BCUT2D eigenvalue weighted by Gasteiger charge is -2.36. The molecule has 1 aliphatic rings. The van der Waals surface area contributed by atoms with Crippen molar-refractivity contribution in [3.63, 3.8) is 0 Å². The Balaban J connectivity index is 1.26. The number of fused-ring (bicyclic) bond motifs is 1. The molecule has 1 fully saturated rings. The fourth-order valence-corrected chi connectivity index (χ4v) is 4.17. The molecule has 2 heterocycles. The van der Waals surface area contributed by atoms with E-state index in [9.17, 15) is 4.79 Å². The monoisotopic (exact) mass is 458 g/mol. The van der Waals surface area contributed by atoms with Crippen LogP contribution in [0.4, 0.5) is 5.82 Å². The van der Waals surface area contributed by atoms with E-state index in [4.69, 9.17) is 32.9 Å². The van der Waals surface area contributed by atoms with E-state index >= 15 is 0 Å². The molecule has 0 aliphatic carbocycles. The average molecular weight is 459 g/mol. The van der Waals surface area contributed by atoms with E-state index in [-0.39, 0.29) is 5.91 Å². The fourth-order valence-electron chi connectivity index (χ4n) is 3.70. The summed E-state index contributed by atoms with van der Waals surface area (Å²) in [6.07, 6.45) is 1.08. The summed E-state index contributed by atoms with van der Waals surface area (Å²) < 4.78 is 5.67. The number of benzene rings is 2. The van der Waals surface area contributed by atoms with Gasteiger partial charge in [-0.15, -0.1) is 0 Å². The molecule has 162 valence electrons. The van der Waals surface area contributed by atoms with Gasteiger partial charge in [-0.05, 0) is 43.7 Å². The molecule has 0 atom stereocenters. The van der Waals surface area contributed by atoms with E-state index in [1.807, 2.05) is 36.1 Å². The Morgan fingerprint density at radius 1 is 1.03 bits per heavy atom. The average Bonchev–Trinajstić information content (AvgIpc) is 2.77. The van der Waals surface area contributed by atoms with Crippen molar-refractivity contribution in [3.05, 3.63) is 58.2 Å². The molecule has 3 aromatic rings. The van der Waals surface area contributed by atoms with E-state index in [1.54, 1.807) is 18.2 Å². The topological polar surface area (TPSA) is 58.6 Å². The Bertz CT molecular complexity index is 1080. The van der Waals surface area contributed by atoms with Crippen molar-refractivity contribution in [1.82, 2.24) is 14.9 Å². The smallest absolute Gasteiger partial charge is 0.222 e. The van der Waals surface area contributed by atoms with Crippen LogP contribution in [0, 0.1) is 6.92 Å². The van der Waals surface area contributed by atoms with E-state index in [1.165, 1.54) is 0 Å². The van der Waals surface area contributed by atoms with Crippen LogP contribution in [0.3, 0.4) is 0 Å². The first kappa shape index (κ1) is 21.7. The van der Waals surface area contributed by atoms with E-state index in [2.05, 4.69) is 9.88 Å². The number of aryl methyl sites for hydroxylation is 1. The quantitative estimate of drug-likeness (QED) is 0.498. The van der Waals surface area contributed by atoms with Crippen LogP contribution in [0.1, 0.15) is 18.5 Å². The number of anilines is 1. The van der Waals surface area contributed by atoms with Crippen LogP contribution < -0.4 is 9.64 Å². The first-order chi connectivity index (χ1) is 15.0. The normalized spacial score (nSPS) is 14.2. The summed E-state index contributed by atoms with van der Waals surface area (Å²) in [7, 11) is 0. The number of aromatic nitrogens is 2. The first-order valence-corrected chi connectivity index (χ1v) is 11.1. The van der Waals surface area contributed by atoms with Crippen molar-refractivity contribution in [3.8, 4) is 5.75 Å². The molecule has 0 unspecified atom stereocenters. The number of carbonyl (C=O) groups is 1. The van der Waals surface area contributed by atoms with Gasteiger partial charge in [-0.2, -0.15) is 0 Å². The summed E-state index contributed by atoms with van der Waals surface area (Å²) in [5.41, 5.74) is 2.71. The van der Waals surface area contributed by atoms with Gasteiger partial charge >= 0.3 is 0 Å². The number of amides is 1. The van der Waals surface area contributed by atoms with Crippen molar-refractivity contribution in [2.75, 3.05) is 37.7 Å². The summed E-state index contributed by atoms with van der Waals surface area (Å²) in [6.45, 7) is 5.26. The minimum absolute atomic E-state index is 0.145. The predicted octanol–water partition coefficient (Wildman–Crippen LogP) is 4.75. The van der Waals surface area contributed by atoms with Gasteiger partial charge in [-0.1, -0.05) is 35.3 Å². The lowest BCUT2D eigenvalue weighted by atomic mass is 10.2. The third-order valence-electron chi connectivity index (χ3n) is 5.34. The van der Waals surface area contributed by atoms with Gasteiger partial charge in [0, 0.05) is 37.6 Å². The zero-order valence-corrected chi connectivity index (χ0v) is 18.9. The Labute approximate surface area is 191 Å². The number of hydrogen-bond acceptors (Lipinski definition) is 5. The predicted molar refractivity (Wildman–Crippen MR) is 124 cm³/mol. The molecule has 8 heteroatoms. The van der Waals surface area contributed by atoms with Gasteiger partial charge in [0.05, 0.1) is 28.4 Å². The summed E-state index contributed by atoms with van der Waals surface area (Å²) in [5.74, 6) is 1.63. The van der Waals surface area contributed by atoms with Crippen LogP contribution in [0.25, 0.3) is 11.0 Å². The molecule has 1 aromatic heterocycles. The van der Waals surface area contributed by atoms with Gasteiger partial charge in [0.25, 0.3) is 0 Å². The Kier molecular flexibility index (Phi) is 6.78. The standard InChI is InChI=1S/C23H24Cl2N4O2/c1-16-23(27-20-6-3-2-5-19(20)26-16)29-12-10-28(11-13-29)22(30)7-4-14-31-21-9-8-17(24)15-18(21)25/h2-3,5-6,8-9,15H,4,7,10-14H2,1H3. The number of ether oxygens (including phenoxy) is 1. The third kappa shape index (κ3) is 5.20. The highest BCUT2D eigenvalue weighted by atomic mass is 35.5. The maximum Gasteiger partial charge on any atom is 0.222 e. The van der Waals surface area contributed by atoms with Crippen molar-refractivity contribution in [1.29, 1.82) is 0 Å². The Morgan fingerprint density at radius 2 is 1.74 bits per heavy atom. The number of carbonyl (C=O) groups excluding carboxylic acids is 1. The molecule has 1 aliphatic heterocycles. The zero-order valence-electron chi connectivity index (χ0n) is 17.4. The first-order valence-electron chi connectivity index (χ1n) is 10.4. The molecule has 1 amide bonds. The molecule has 1 saturated heterocycles. The second-order valence-electron chi connectivity index (χ2n) is 7.52. The Morgan fingerprint density at radius 3 is 2.45 bits per heavy atom. The van der Waals surface area contributed by atoms with Crippen molar-refractivity contribution in [2.24, 2.45) is 0 Å². The minimum atomic E-state index is 0.145. The van der Waals surface area contributed by atoms with Gasteiger partial charge < -0.3 is 14.5 Å². The minimum Gasteiger partial charge on any atom is -0.492 e. The van der Waals surface area contributed by atoms with Crippen LogP contribution in [-0.2, 0) is 4.79 Å². The van der Waals surface area contributed by atoms with Gasteiger partial charge in [0.15, 0.2) is 5.82 Å². The number of hydrogen-bond donors (Lipinski definition) is 0. The van der Waals surface area contributed by atoms with Crippen LogP contribution in [0.5, 0.6) is 5.75 Å². The van der Waals surface area contributed by atoms with Crippen LogP contribution in [0.15, 0.2) is 42.5 Å². The second kappa shape index (κ2) is 9.71. The molecule has 0 N–H and O–H groups in total. The summed E-state index contributed by atoms with van der Waals surface area (Å²) >= 11 is 12.0. The lowest BCUT2D eigenvalue weighted by Crippen LogP contribution is -2.49. The van der Waals surface area contributed by atoms with Crippen LogP contribution in [-0.4, -0.2) is 53.6 Å². The highest BCUT2D eigenvalue weighted by Gasteiger charge is 2.23. The number of para-hydroxylation sites is 2. The summed E-state index contributed by atoms with van der Waals surface area (Å²) in [6, 6.07) is 13.0. The molecule has 0 bridgehead atoms. The number of piperazine rings is 1. The van der Waals surface area contributed by atoms with Gasteiger partial charge in [-0.3, -0.25) is 4.79 Å². The molecule has 4 rings (SSSR count). The van der Waals surface area contributed by atoms with Crippen LogP contribution in [0.2, 0.25) is 10.0 Å². The molecule has 0 spiro atoms. The Hall–Kier alpha value is -2.57. The molecule has 0 saturated carbocycles. The molecular formula is C23H24Cl2N4O2. The van der Waals surface area contributed by atoms with Gasteiger partial charge in [0.2, 0.25) is 5.91 Å². The highest BCUT2D eigenvalue weighted by molar-refractivity contribution is 6.35.